The average molecular weight is 329 g/mol. The highest BCUT2D eigenvalue weighted by Gasteiger charge is 2.33. The van der Waals surface area contributed by atoms with Gasteiger partial charge in [0.1, 0.15) is 0 Å². The lowest BCUT2D eigenvalue weighted by Gasteiger charge is -2.45. The molecule has 0 spiro atoms. The van der Waals surface area contributed by atoms with Crippen LogP contribution in [-0.2, 0) is 6.54 Å². The van der Waals surface area contributed by atoms with E-state index in [1.54, 1.807) is 0 Å². The Morgan fingerprint density at radius 1 is 1.29 bits per heavy atom. The predicted molar refractivity (Wildman–Crippen MR) is 92.2 cm³/mol. The van der Waals surface area contributed by atoms with Gasteiger partial charge >= 0.3 is 0 Å². The van der Waals surface area contributed by atoms with Gasteiger partial charge in [-0.1, -0.05) is 50.9 Å². The SMILES string of the molecule is CCC1CNC(C(C)(C)C)CN1Cc1cc(Cl)ccc1Cl. The first-order valence-corrected chi connectivity index (χ1v) is 8.48. The van der Waals surface area contributed by atoms with E-state index in [1.807, 2.05) is 18.2 Å². The molecule has 1 aromatic rings. The van der Waals surface area contributed by atoms with Gasteiger partial charge in [-0.05, 0) is 35.6 Å². The van der Waals surface area contributed by atoms with Gasteiger partial charge < -0.3 is 5.32 Å². The van der Waals surface area contributed by atoms with Crippen LogP contribution in [0.15, 0.2) is 18.2 Å². The zero-order valence-corrected chi connectivity index (χ0v) is 14.9. The van der Waals surface area contributed by atoms with E-state index >= 15 is 0 Å². The molecule has 2 unspecified atom stereocenters. The normalized spacial score (nSPS) is 24.3. The molecular formula is C17H26Cl2N2. The molecule has 118 valence electrons. The number of nitrogens with one attached hydrogen (secondary N) is 1. The van der Waals surface area contributed by atoms with Crippen molar-refractivity contribution in [3.05, 3.63) is 33.8 Å². The molecular weight excluding hydrogens is 303 g/mol. The average Bonchev–Trinajstić information content (AvgIpc) is 2.42. The molecule has 0 aliphatic carbocycles. The van der Waals surface area contributed by atoms with Crippen LogP contribution in [0.3, 0.4) is 0 Å². The van der Waals surface area contributed by atoms with Crippen LogP contribution in [0, 0.1) is 5.41 Å². The highest BCUT2D eigenvalue weighted by Crippen LogP contribution is 2.28. The molecule has 1 aliphatic heterocycles. The summed E-state index contributed by atoms with van der Waals surface area (Å²) in [5, 5.41) is 5.26. The molecule has 2 atom stereocenters. The lowest BCUT2D eigenvalue weighted by Crippen LogP contribution is -2.59. The van der Waals surface area contributed by atoms with Crippen molar-refractivity contribution in [3.8, 4) is 0 Å². The van der Waals surface area contributed by atoms with Gasteiger partial charge in [-0.3, -0.25) is 4.90 Å². The molecule has 21 heavy (non-hydrogen) atoms. The molecule has 1 fully saturated rings. The smallest absolute Gasteiger partial charge is 0.0452 e. The lowest BCUT2D eigenvalue weighted by molar-refractivity contribution is 0.0775. The number of rotatable bonds is 3. The zero-order valence-electron chi connectivity index (χ0n) is 13.4. The summed E-state index contributed by atoms with van der Waals surface area (Å²) in [4.78, 5) is 2.55. The molecule has 0 amide bonds. The van der Waals surface area contributed by atoms with Crippen LogP contribution in [0.4, 0.5) is 0 Å². The molecule has 0 saturated carbocycles. The van der Waals surface area contributed by atoms with Gasteiger partial charge in [-0.2, -0.15) is 0 Å². The van der Waals surface area contributed by atoms with Crippen molar-refractivity contribution < 1.29 is 0 Å². The number of nitrogens with zero attached hydrogens (tertiary/aromatic N) is 1. The molecule has 1 heterocycles. The maximum Gasteiger partial charge on any atom is 0.0452 e. The van der Waals surface area contributed by atoms with Gasteiger partial charge in [-0.25, -0.2) is 0 Å². The second-order valence-corrected chi connectivity index (χ2v) is 7.90. The molecule has 0 aromatic heterocycles. The third kappa shape index (κ3) is 4.35. The van der Waals surface area contributed by atoms with Crippen LogP contribution in [0.2, 0.25) is 10.0 Å². The molecule has 2 nitrogen and oxygen atoms in total. The Balaban J connectivity index is 2.16. The quantitative estimate of drug-likeness (QED) is 0.872. The summed E-state index contributed by atoms with van der Waals surface area (Å²) in [5.41, 5.74) is 1.38. The van der Waals surface area contributed by atoms with E-state index in [0.29, 0.717) is 12.1 Å². The van der Waals surface area contributed by atoms with Crippen LogP contribution in [0.1, 0.15) is 39.7 Å². The van der Waals surface area contributed by atoms with E-state index in [9.17, 15) is 0 Å². The van der Waals surface area contributed by atoms with Gasteiger partial charge in [0.2, 0.25) is 0 Å². The molecule has 1 aromatic carbocycles. The van der Waals surface area contributed by atoms with Gasteiger partial charge in [0.25, 0.3) is 0 Å². The van der Waals surface area contributed by atoms with E-state index in [-0.39, 0.29) is 5.41 Å². The van der Waals surface area contributed by atoms with E-state index < -0.39 is 0 Å². The van der Waals surface area contributed by atoms with Crippen molar-refractivity contribution in [1.29, 1.82) is 0 Å². The second-order valence-electron chi connectivity index (χ2n) is 7.05. The van der Waals surface area contributed by atoms with Crippen molar-refractivity contribution >= 4 is 23.2 Å². The lowest BCUT2D eigenvalue weighted by atomic mass is 9.84. The minimum Gasteiger partial charge on any atom is -0.311 e. The summed E-state index contributed by atoms with van der Waals surface area (Å²) in [7, 11) is 0. The highest BCUT2D eigenvalue weighted by molar-refractivity contribution is 6.33. The molecule has 0 bridgehead atoms. The van der Waals surface area contributed by atoms with Crippen molar-refractivity contribution in [1.82, 2.24) is 10.2 Å². The van der Waals surface area contributed by atoms with Crippen LogP contribution in [0.5, 0.6) is 0 Å². The number of piperazine rings is 1. The molecule has 2 rings (SSSR count). The van der Waals surface area contributed by atoms with Crippen molar-refractivity contribution in [2.45, 2.75) is 52.7 Å². The van der Waals surface area contributed by atoms with Crippen molar-refractivity contribution in [2.75, 3.05) is 13.1 Å². The fourth-order valence-corrected chi connectivity index (χ4v) is 3.29. The maximum absolute atomic E-state index is 6.33. The molecule has 1 N–H and O–H groups in total. The van der Waals surface area contributed by atoms with Gasteiger partial charge in [0, 0.05) is 41.8 Å². The Bertz CT molecular complexity index is 482. The Kier molecular flexibility index (Phi) is 5.59. The molecule has 1 saturated heterocycles. The zero-order chi connectivity index (χ0) is 15.6. The van der Waals surface area contributed by atoms with Crippen LogP contribution >= 0.6 is 23.2 Å². The fraction of sp³-hybridized carbons (Fsp3) is 0.647. The summed E-state index contributed by atoms with van der Waals surface area (Å²) in [5.74, 6) is 0. The fourth-order valence-electron chi connectivity index (χ4n) is 2.92. The van der Waals surface area contributed by atoms with E-state index in [2.05, 4.69) is 37.9 Å². The summed E-state index contributed by atoms with van der Waals surface area (Å²) in [6.07, 6.45) is 1.14. The number of benzene rings is 1. The predicted octanol–water partition coefficient (Wildman–Crippen LogP) is 4.59. The standard InChI is InChI=1S/C17H26Cl2N2/c1-5-14-9-20-16(17(2,3)4)11-21(14)10-12-8-13(18)6-7-15(12)19/h6-8,14,16,20H,5,9-11H2,1-4H3. The first kappa shape index (κ1) is 17.1. The highest BCUT2D eigenvalue weighted by atomic mass is 35.5. The summed E-state index contributed by atoms with van der Waals surface area (Å²) < 4.78 is 0. The number of hydrogen-bond donors (Lipinski definition) is 1. The molecule has 0 radical (unpaired) electrons. The second kappa shape index (κ2) is 6.87. The van der Waals surface area contributed by atoms with Crippen LogP contribution in [0.25, 0.3) is 0 Å². The Morgan fingerprint density at radius 2 is 2.00 bits per heavy atom. The third-order valence-corrected chi connectivity index (χ3v) is 5.04. The maximum atomic E-state index is 6.33. The minimum atomic E-state index is 0.259. The Labute approximate surface area is 138 Å². The van der Waals surface area contributed by atoms with Gasteiger partial charge in [0.05, 0.1) is 0 Å². The summed E-state index contributed by atoms with van der Waals surface area (Å²) in [6, 6.07) is 6.78. The third-order valence-electron chi connectivity index (χ3n) is 4.43. The van der Waals surface area contributed by atoms with Crippen LogP contribution in [-0.4, -0.2) is 30.1 Å². The number of hydrogen-bond acceptors (Lipinski definition) is 2. The van der Waals surface area contributed by atoms with Crippen molar-refractivity contribution in [3.63, 3.8) is 0 Å². The summed E-state index contributed by atoms with van der Waals surface area (Å²) >= 11 is 12.4. The van der Waals surface area contributed by atoms with E-state index in [0.717, 1.165) is 41.7 Å². The van der Waals surface area contributed by atoms with E-state index in [1.165, 1.54) is 0 Å². The Hall–Kier alpha value is -0.280. The van der Waals surface area contributed by atoms with E-state index in [4.69, 9.17) is 23.2 Å². The minimum absolute atomic E-state index is 0.259. The summed E-state index contributed by atoms with van der Waals surface area (Å²) in [6.45, 7) is 12.1. The Morgan fingerprint density at radius 3 is 2.62 bits per heavy atom. The first-order valence-electron chi connectivity index (χ1n) is 7.72. The molecule has 4 heteroatoms. The van der Waals surface area contributed by atoms with Crippen LogP contribution < -0.4 is 5.32 Å². The topological polar surface area (TPSA) is 15.3 Å². The number of halogens is 2. The van der Waals surface area contributed by atoms with Gasteiger partial charge in [-0.15, -0.1) is 0 Å². The van der Waals surface area contributed by atoms with Gasteiger partial charge in [0.15, 0.2) is 0 Å². The first-order chi connectivity index (χ1) is 9.81. The largest absolute Gasteiger partial charge is 0.311 e. The monoisotopic (exact) mass is 328 g/mol. The van der Waals surface area contributed by atoms with Crippen molar-refractivity contribution in [2.24, 2.45) is 5.41 Å². The molecule has 1 aliphatic rings.